The molecule has 19 heavy (non-hydrogen) atoms. The fourth-order valence-corrected chi connectivity index (χ4v) is 3.49. The molecule has 3 N–H and O–H groups in total. The second-order valence-corrected chi connectivity index (χ2v) is 7.49. The van der Waals surface area contributed by atoms with Crippen molar-refractivity contribution >= 4 is 33.2 Å². The highest BCUT2D eigenvalue weighted by Crippen LogP contribution is 2.22. The van der Waals surface area contributed by atoms with E-state index < -0.39 is 10.0 Å². The van der Waals surface area contributed by atoms with Crippen LogP contribution >= 0.6 is 23.2 Å². The van der Waals surface area contributed by atoms with Gasteiger partial charge >= 0.3 is 0 Å². The van der Waals surface area contributed by atoms with Crippen LogP contribution in [0.4, 0.5) is 0 Å². The molecule has 0 heterocycles. The third-order valence-electron chi connectivity index (χ3n) is 2.46. The number of nitrogens with two attached hydrogens (primary N) is 1. The predicted octanol–water partition coefficient (Wildman–Crippen LogP) is 2.65. The van der Waals surface area contributed by atoms with Gasteiger partial charge in [-0.05, 0) is 30.5 Å². The summed E-state index contributed by atoms with van der Waals surface area (Å²) in [6.45, 7) is 4.25. The van der Waals surface area contributed by atoms with Gasteiger partial charge in [-0.1, -0.05) is 37.0 Å². The van der Waals surface area contributed by atoms with Crippen molar-refractivity contribution in [3.63, 3.8) is 0 Å². The van der Waals surface area contributed by atoms with Gasteiger partial charge in [-0.25, -0.2) is 13.1 Å². The number of nitrogens with one attached hydrogen (secondary N) is 1. The maximum Gasteiger partial charge on any atom is 0.240 e. The van der Waals surface area contributed by atoms with E-state index in [1.54, 1.807) is 0 Å². The van der Waals surface area contributed by atoms with Gasteiger partial charge in [0, 0.05) is 22.6 Å². The maximum atomic E-state index is 12.0. The van der Waals surface area contributed by atoms with Crippen LogP contribution in [-0.4, -0.2) is 21.0 Å². The fourth-order valence-electron chi connectivity index (χ4n) is 1.67. The van der Waals surface area contributed by atoms with Crippen LogP contribution in [0.5, 0.6) is 0 Å². The lowest BCUT2D eigenvalue weighted by molar-refractivity contribution is 0.486. The van der Waals surface area contributed by atoms with Crippen LogP contribution in [-0.2, 0) is 10.0 Å². The summed E-state index contributed by atoms with van der Waals surface area (Å²) in [6.07, 6.45) is 0.749. The van der Waals surface area contributed by atoms with Crippen molar-refractivity contribution in [3.8, 4) is 0 Å². The van der Waals surface area contributed by atoms with Gasteiger partial charge in [-0.15, -0.1) is 0 Å². The average Bonchev–Trinajstić information content (AvgIpc) is 2.24. The Bertz CT molecular complexity index is 512. The first kappa shape index (κ1) is 16.7. The minimum Gasteiger partial charge on any atom is -0.327 e. The first-order chi connectivity index (χ1) is 8.70. The largest absolute Gasteiger partial charge is 0.327 e. The molecular formula is C12H18Cl2N2O2S. The monoisotopic (exact) mass is 324 g/mol. The topological polar surface area (TPSA) is 72.2 Å². The average molecular weight is 325 g/mol. The molecule has 0 radical (unpaired) electrons. The Hall–Kier alpha value is -0.330. The summed E-state index contributed by atoms with van der Waals surface area (Å²) in [7, 11) is -3.64. The van der Waals surface area contributed by atoms with Gasteiger partial charge in [0.1, 0.15) is 0 Å². The number of hydrogen-bond acceptors (Lipinski definition) is 3. The molecule has 0 aliphatic carbocycles. The van der Waals surface area contributed by atoms with Crippen LogP contribution in [0.1, 0.15) is 20.3 Å². The lowest BCUT2D eigenvalue weighted by atomic mass is 10.1. The molecule has 1 aromatic carbocycles. The highest BCUT2D eigenvalue weighted by atomic mass is 35.5. The van der Waals surface area contributed by atoms with Gasteiger partial charge in [0.2, 0.25) is 10.0 Å². The van der Waals surface area contributed by atoms with E-state index in [1.807, 2.05) is 13.8 Å². The fraction of sp³-hybridized carbons (Fsp3) is 0.500. The number of halogens is 2. The molecule has 1 aromatic rings. The Balaban J connectivity index is 2.76. The van der Waals surface area contributed by atoms with Crippen molar-refractivity contribution in [2.45, 2.75) is 31.2 Å². The third kappa shape index (κ3) is 5.67. The minimum absolute atomic E-state index is 0.0433. The number of benzene rings is 1. The summed E-state index contributed by atoms with van der Waals surface area (Å²) in [5.41, 5.74) is 5.84. The van der Waals surface area contributed by atoms with Crippen LogP contribution in [0.25, 0.3) is 0 Å². The van der Waals surface area contributed by atoms with Gasteiger partial charge in [0.25, 0.3) is 0 Å². The van der Waals surface area contributed by atoms with Gasteiger partial charge < -0.3 is 5.73 Å². The zero-order valence-corrected chi connectivity index (χ0v) is 13.2. The first-order valence-electron chi connectivity index (χ1n) is 5.92. The van der Waals surface area contributed by atoms with E-state index in [-0.39, 0.29) is 27.5 Å². The van der Waals surface area contributed by atoms with Crippen molar-refractivity contribution in [3.05, 3.63) is 28.2 Å². The highest BCUT2D eigenvalue weighted by molar-refractivity contribution is 7.89. The number of sulfonamides is 1. The third-order valence-corrected chi connectivity index (χ3v) is 4.30. The SMILES string of the molecule is CC(C)CC(N)CNS(=O)(=O)c1cc(Cl)cc(Cl)c1. The molecule has 1 rings (SSSR count). The van der Waals surface area contributed by atoms with E-state index in [0.29, 0.717) is 5.92 Å². The first-order valence-corrected chi connectivity index (χ1v) is 8.16. The molecule has 108 valence electrons. The Labute approximate surface area is 124 Å². The van der Waals surface area contributed by atoms with E-state index in [0.717, 1.165) is 6.42 Å². The van der Waals surface area contributed by atoms with Crippen LogP contribution in [0.15, 0.2) is 23.1 Å². The Morgan fingerprint density at radius 1 is 1.21 bits per heavy atom. The molecule has 1 unspecified atom stereocenters. The molecular weight excluding hydrogens is 307 g/mol. The Kier molecular flexibility index (Phi) is 6.08. The summed E-state index contributed by atoms with van der Waals surface area (Å²) < 4.78 is 26.6. The highest BCUT2D eigenvalue weighted by Gasteiger charge is 2.17. The molecule has 0 saturated carbocycles. The molecule has 0 spiro atoms. The van der Waals surface area contributed by atoms with E-state index >= 15 is 0 Å². The van der Waals surface area contributed by atoms with Crippen LogP contribution in [0.2, 0.25) is 10.0 Å². The van der Waals surface area contributed by atoms with Crippen LogP contribution < -0.4 is 10.5 Å². The quantitative estimate of drug-likeness (QED) is 0.844. The van der Waals surface area contributed by atoms with Gasteiger partial charge in [0.05, 0.1) is 4.90 Å². The summed E-state index contributed by atoms with van der Waals surface area (Å²) in [6, 6.07) is 3.96. The van der Waals surface area contributed by atoms with Gasteiger partial charge in [0.15, 0.2) is 0 Å². The maximum absolute atomic E-state index is 12.0. The second-order valence-electron chi connectivity index (χ2n) is 4.85. The van der Waals surface area contributed by atoms with Crippen LogP contribution in [0, 0.1) is 5.92 Å². The molecule has 0 amide bonds. The lowest BCUT2D eigenvalue weighted by Crippen LogP contribution is -2.38. The molecule has 1 atom stereocenters. The molecule has 0 aliphatic heterocycles. The Morgan fingerprint density at radius 3 is 2.21 bits per heavy atom. The van der Waals surface area contributed by atoms with Crippen molar-refractivity contribution in [1.82, 2.24) is 4.72 Å². The van der Waals surface area contributed by atoms with Crippen molar-refractivity contribution < 1.29 is 8.42 Å². The summed E-state index contributed by atoms with van der Waals surface area (Å²) in [4.78, 5) is 0.0433. The molecule has 0 aliphatic rings. The standard InChI is InChI=1S/C12H18Cl2N2O2S/c1-8(2)3-11(15)7-16-19(17,18)12-5-9(13)4-10(14)6-12/h4-6,8,11,16H,3,7,15H2,1-2H3. The van der Waals surface area contributed by atoms with Gasteiger partial charge in [-0.3, -0.25) is 0 Å². The second kappa shape index (κ2) is 6.90. The molecule has 7 heteroatoms. The van der Waals surface area contributed by atoms with Crippen molar-refractivity contribution in [1.29, 1.82) is 0 Å². The predicted molar refractivity (Wildman–Crippen MR) is 79.1 cm³/mol. The van der Waals surface area contributed by atoms with Gasteiger partial charge in [-0.2, -0.15) is 0 Å². The van der Waals surface area contributed by atoms with Crippen molar-refractivity contribution in [2.75, 3.05) is 6.54 Å². The van der Waals surface area contributed by atoms with E-state index in [1.165, 1.54) is 18.2 Å². The number of rotatable bonds is 6. The van der Waals surface area contributed by atoms with Crippen LogP contribution in [0.3, 0.4) is 0 Å². The molecule has 0 aromatic heterocycles. The molecule has 0 bridgehead atoms. The summed E-state index contributed by atoms with van der Waals surface area (Å²) in [5.74, 6) is 0.417. The molecule has 4 nitrogen and oxygen atoms in total. The zero-order valence-electron chi connectivity index (χ0n) is 10.9. The smallest absolute Gasteiger partial charge is 0.240 e. The normalized spacial score (nSPS) is 13.8. The molecule has 0 saturated heterocycles. The minimum atomic E-state index is -3.64. The van der Waals surface area contributed by atoms with E-state index in [2.05, 4.69) is 4.72 Å². The van der Waals surface area contributed by atoms with E-state index in [4.69, 9.17) is 28.9 Å². The summed E-state index contributed by atoms with van der Waals surface area (Å²) in [5, 5.41) is 0.554. The van der Waals surface area contributed by atoms with E-state index in [9.17, 15) is 8.42 Å². The Morgan fingerprint density at radius 2 is 1.74 bits per heavy atom. The zero-order chi connectivity index (χ0) is 14.6. The summed E-state index contributed by atoms with van der Waals surface area (Å²) >= 11 is 11.6. The van der Waals surface area contributed by atoms with Crippen molar-refractivity contribution in [2.24, 2.45) is 11.7 Å². The lowest BCUT2D eigenvalue weighted by Gasteiger charge is -2.15. The number of hydrogen-bond donors (Lipinski definition) is 2. The molecule has 0 fully saturated rings.